The molecule has 0 saturated heterocycles. The Morgan fingerprint density at radius 1 is 1.15 bits per heavy atom. The van der Waals surface area contributed by atoms with Gasteiger partial charge in [0.05, 0.1) is 18.3 Å². The molecular formula is C18H17ClN2O5. The first-order chi connectivity index (χ1) is 12.5. The van der Waals surface area contributed by atoms with E-state index < -0.39 is 11.9 Å². The van der Waals surface area contributed by atoms with Crippen molar-refractivity contribution in [2.75, 3.05) is 13.7 Å². The van der Waals surface area contributed by atoms with Crippen molar-refractivity contribution in [3.63, 3.8) is 0 Å². The number of esters is 1. The maximum absolute atomic E-state index is 11.7. The second-order valence-corrected chi connectivity index (χ2v) is 5.42. The maximum atomic E-state index is 11.7. The Balaban J connectivity index is 1.90. The molecule has 2 aromatic carbocycles. The van der Waals surface area contributed by atoms with Crippen LogP contribution in [0.3, 0.4) is 0 Å². The Bertz CT molecular complexity index is 823. The maximum Gasteiger partial charge on any atom is 0.308 e. The summed E-state index contributed by atoms with van der Waals surface area (Å²) in [5.41, 5.74) is 2.98. The number of carbonyl (C=O) groups is 2. The fourth-order valence-corrected chi connectivity index (χ4v) is 2.11. The van der Waals surface area contributed by atoms with Crippen LogP contribution in [-0.4, -0.2) is 31.8 Å². The first-order valence-corrected chi connectivity index (χ1v) is 7.93. The van der Waals surface area contributed by atoms with Gasteiger partial charge >= 0.3 is 5.97 Å². The van der Waals surface area contributed by atoms with Crippen LogP contribution in [0.5, 0.6) is 17.2 Å². The van der Waals surface area contributed by atoms with Crippen molar-refractivity contribution in [2.45, 2.75) is 6.92 Å². The molecule has 8 heteroatoms. The minimum absolute atomic E-state index is 0.226. The summed E-state index contributed by atoms with van der Waals surface area (Å²) in [5.74, 6) is 0.200. The number of amides is 1. The molecule has 0 aliphatic heterocycles. The molecule has 0 fully saturated rings. The Morgan fingerprint density at radius 3 is 2.62 bits per heavy atom. The Morgan fingerprint density at radius 2 is 1.92 bits per heavy atom. The van der Waals surface area contributed by atoms with Gasteiger partial charge in [0.25, 0.3) is 5.91 Å². The highest BCUT2D eigenvalue weighted by molar-refractivity contribution is 6.32. The second-order valence-electron chi connectivity index (χ2n) is 5.02. The number of methoxy groups -OCH3 is 1. The topological polar surface area (TPSA) is 86.2 Å². The van der Waals surface area contributed by atoms with Crippen LogP contribution < -0.4 is 19.6 Å². The van der Waals surface area contributed by atoms with E-state index in [9.17, 15) is 9.59 Å². The number of ether oxygens (including phenoxy) is 3. The highest BCUT2D eigenvalue weighted by atomic mass is 35.5. The number of nitrogens with zero attached hydrogens (tertiary/aromatic N) is 1. The zero-order chi connectivity index (χ0) is 18.9. The van der Waals surface area contributed by atoms with Gasteiger partial charge in [-0.1, -0.05) is 23.7 Å². The molecule has 0 aliphatic carbocycles. The SMILES string of the molecule is COc1cc(/C=N\NC(=O)COc2ccccc2Cl)ccc1OC(C)=O. The Kier molecular flexibility index (Phi) is 6.99. The number of rotatable bonds is 7. The summed E-state index contributed by atoms with van der Waals surface area (Å²) in [7, 11) is 1.46. The van der Waals surface area contributed by atoms with E-state index in [4.69, 9.17) is 25.8 Å². The summed E-state index contributed by atoms with van der Waals surface area (Å²) in [5, 5.41) is 4.26. The van der Waals surface area contributed by atoms with Crippen LogP contribution in [0, 0.1) is 0 Å². The molecule has 0 saturated carbocycles. The molecule has 1 amide bonds. The number of hydrogen-bond donors (Lipinski definition) is 1. The molecule has 136 valence electrons. The van der Waals surface area contributed by atoms with Gasteiger partial charge in [-0.2, -0.15) is 5.10 Å². The Labute approximate surface area is 155 Å². The van der Waals surface area contributed by atoms with Crippen molar-refractivity contribution in [3.05, 3.63) is 53.1 Å². The summed E-state index contributed by atoms with van der Waals surface area (Å²) in [6.07, 6.45) is 1.42. The van der Waals surface area contributed by atoms with Gasteiger partial charge in [-0.25, -0.2) is 5.43 Å². The molecule has 0 unspecified atom stereocenters. The van der Waals surface area contributed by atoms with Crippen molar-refractivity contribution < 1.29 is 23.8 Å². The molecule has 0 aromatic heterocycles. The third-order valence-electron chi connectivity index (χ3n) is 3.04. The van der Waals surface area contributed by atoms with Crippen molar-refractivity contribution in [3.8, 4) is 17.2 Å². The first kappa shape index (κ1) is 19.3. The van der Waals surface area contributed by atoms with Crippen LogP contribution in [0.15, 0.2) is 47.6 Å². The lowest BCUT2D eigenvalue weighted by Crippen LogP contribution is -2.24. The summed E-state index contributed by atoms with van der Waals surface area (Å²) in [6, 6.07) is 11.7. The van der Waals surface area contributed by atoms with Crippen LogP contribution in [0.4, 0.5) is 0 Å². The van der Waals surface area contributed by atoms with Crippen LogP contribution >= 0.6 is 11.6 Å². The lowest BCUT2D eigenvalue weighted by molar-refractivity contribution is -0.132. The molecule has 26 heavy (non-hydrogen) atoms. The zero-order valence-corrected chi connectivity index (χ0v) is 14.9. The second kappa shape index (κ2) is 9.43. The number of nitrogens with one attached hydrogen (secondary N) is 1. The van der Waals surface area contributed by atoms with Crippen molar-refractivity contribution in [1.82, 2.24) is 5.43 Å². The monoisotopic (exact) mass is 376 g/mol. The molecule has 7 nitrogen and oxygen atoms in total. The first-order valence-electron chi connectivity index (χ1n) is 7.55. The number of para-hydroxylation sites is 1. The molecule has 2 aromatic rings. The zero-order valence-electron chi connectivity index (χ0n) is 14.2. The van der Waals surface area contributed by atoms with Crippen molar-refractivity contribution in [2.24, 2.45) is 5.10 Å². The third-order valence-corrected chi connectivity index (χ3v) is 3.35. The average Bonchev–Trinajstić information content (AvgIpc) is 2.61. The van der Waals surface area contributed by atoms with Gasteiger partial charge in [0.2, 0.25) is 0 Å². The fourth-order valence-electron chi connectivity index (χ4n) is 1.92. The minimum atomic E-state index is -0.449. The van der Waals surface area contributed by atoms with Gasteiger partial charge in [0.1, 0.15) is 5.75 Å². The summed E-state index contributed by atoms with van der Waals surface area (Å²) in [4.78, 5) is 22.8. The average molecular weight is 377 g/mol. The van der Waals surface area contributed by atoms with E-state index in [0.717, 1.165) is 0 Å². The van der Waals surface area contributed by atoms with Crippen LogP contribution in [0.1, 0.15) is 12.5 Å². The van der Waals surface area contributed by atoms with Crippen LogP contribution in [-0.2, 0) is 9.59 Å². The number of hydrazone groups is 1. The van der Waals surface area contributed by atoms with Gasteiger partial charge in [-0.3, -0.25) is 9.59 Å². The predicted octanol–water partition coefficient (Wildman–Crippen LogP) is 2.80. The fraction of sp³-hybridized carbons (Fsp3) is 0.167. The smallest absolute Gasteiger partial charge is 0.308 e. The number of carbonyl (C=O) groups excluding carboxylic acids is 2. The lowest BCUT2D eigenvalue weighted by atomic mass is 10.2. The van der Waals surface area contributed by atoms with Gasteiger partial charge in [0, 0.05) is 6.92 Å². The van der Waals surface area contributed by atoms with Gasteiger partial charge in [-0.05, 0) is 35.9 Å². The van der Waals surface area contributed by atoms with E-state index in [-0.39, 0.29) is 6.61 Å². The Hall–Kier alpha value is -3.06. The van der Waals surface area contributed by atoms with E-state index in [1.54, 1.807) is 42.5 Å². The molecule has 0 aliphatic rings. The number of hydrogen-bond acceptors (Lipinski definition) is 6. The van der Waals surface area contributed by atoms with Crippen molar-refractivity contribution in [1.29, 1.82) is 0 Å². The summed E-state index contributed by atoms with van der Waals surface area (Å²) < 4.78 is 15.5. The summed E-state index contributed by atoms with van der Waals surface area (Å²) >= 11 is 5.94. The van der Waals surface area contributed by atoms with Gasteiger partial charge in [-0.15, -0.1) is 0 Å². The van der Waals surface area contributed by atoms with E-state index >= 15 is 0 Å². The van der Waals surface area contributed by atoms with E-state index in [1.165, 1.54) is 20.2 Å². The lowest BCUT2D eigenvalue weighted by Gasteiger charge is -2.08. The highest BCUT2D eigenvalue weighted by Gasteiger charge is 2.08. The molecule has 0 radical (unpaired) electrons. The van der Waals surface area contributed by atoms with Crippen LogP contribution in [0.25, 0.3) is 0 Å². The molecule has 1 N–H and O–H groups in total. The molecular weight excluding hydrogens is 360 g/mol. The molecule has 0 bridgehead atoms. The number of benzene rings is 2. The molecule has 0 heterocycles. The molecule has 0 spiro atoms. The third kappa shape index (κ3) is 5.78. The molecule has 2 rings (SSSR count). The standard InChI is InChI=1S/C18H17ClN2O5/c1-12(22)26-16-8-7-13(9-17(16)24-2)10-20-21-18(23)11-25-15-6-4-3-5-14(15)19/h3-10H,11H2,1-2H3,(H,21,23)/b20-10-. The van der Waals surface area contributed by atoms with Gasteiger partial charge < -0.3 is 14.2 Å². The van der Waals surface area contributed by atoms with E-state index in [1.807, 2.05) is 0 Å². The quantitative estimate of drug-likeness (QED) is 0.347. The minimum Gasteiger partial charge on any atom is -0.493 e. The van der Waals surface area contributed by atoms with Gasteiger partial charge in [0.15, 0.2) is 18.1 Å². The van der Waals surface area contributed by atoms with E-state index in [0.29, 0.717) is 27.8 Å². The van der Waals surface area contributed by atoms with E-state index in [2.05, 4.69) is 10.5 Å². The largest absolute Gasteiger partial charge is 0.493 e. The molecule has 0 atom stereocenters. The predicted molar refractivity (Wildman–Crippen MR) is 97.0 cm³/mol. The number of halogens is 1. The van der Waals surface area contributed by atoms with Crippen molar-refractivity contribution >= 4 is 29.7 Å². The normalized spacial score (nSPS) is 10.4. The van der Waals surface area contributed by atoms with Crippen LogP contribution in [0.2, 0.25) is 5.02 Å². The summed E-state index contributed by atoms with van der Waals surface area (Å²) in [6.45, 7) is 1.07. The highest BCUT2D eigenvalue weighted by Crippen LogP contribution is 2.27.